The van der Waals surface area contributed by atoms with Crippen LogP contribution in [0.15, 0.2) is 0 Å². The van der Waals surface area contributed by atoms with E-state index in [0.29, 0.717) is 6.04 Å². The molecule has 1 N–H and O–H groups in total. The van der Waals surface area contributed by atoms with Crippen molar-refractivity contribution in [3.8, 4) is 0 Å². The minimum absolute atomic E-state index is 0.216. The molecule has 0 aromatic rings. The van der Waals surface area contributed by atoms with E-state index >= 15 is 0 Å². The summed E-state index contributed by atoms with van der Waals surface area (Å²) >= 11 is 2.32. The third kappa shape index (κ3) is 2.59. The number of carboxylic acid groups (broad SMARTS) is 1. The highest BCUT2D eigenvalue weighted by Crippen LogP contribution is 2.18. The number of alkyl halides is 1. The summed E-state index contributed by atoms with van der Waals surface area (Å²) in [5.41, 5.74) is 0. The smallest absolute Gasteiger partial charge is 0.317 e. The maximum Gasteiger partial charge on any atom is 0.317 e. The highest BCUT2D eigenvalue weighted by atomic mass is 127. The Hall–Kier alpha value is 0.160. The van der Waals surface area contributed by atoms with E-state index in [1.807, 2.05) is 0 Å². The van der Waals surface area contributed by atoms with Gasteiger partial charge in [0, 0.05) is 10.5 Å². The molecule has 0 aromatic heterocycles. The highest BCUT2D eigenvalue weighted by molar-refractivity contribution is 14.1. The number of nitrogens with zero attached hydrogens (tertiary/aromatic N) is 1. The summed E-state index contributed by atoms with van der Waals surface area (Å²) in [5, 5.41) is 8.54. The molecule has 0 spiro atoms. The molecule has 0 radical (unpaired) electrons. The number of carbonyl (C=O) groups is 1. The molecule has 1 fully saturated rings. The van der Waals surface area contributed by atoms with Gasteiger partial charge >= 0.3 is 5.97 Å². The summed E-state index contributed by atoms with van der Waals surface area (Å²) in [5.74, 6) is -0.707. The number of hydrogen-bond donors (Lipinski definition) is 1. The molecule has 1 aliphatic heterocycles. The van der Waals surface area contributed by atoms with Gasteiger partial charge in [0.05, 0.1) is 6.54 Å². The lowest BCUT2D eigenvalue weighted by Gasteiger charge is -2.19. The average molecular weight is 269 g/mol. The van der Waals surface area contributed by atoms with Crippen molar-refractivity contribution in [2.24, 2.45) is 0 Å². The molecule has 1 rings (SSSR count). The third-order valence-electron chi connectivity index (χ3n) is 2.02. The fourth-order valence-electron chi connectivity index (χ4n) is 1.45. The Morgan fingerprint density at radius 1 is 1.73 bits per heavy atom. The predicted octanol–water partition coefficient (Wildman–Crippen LogP) is 0.970. The van der Waals surface area contributed by atoms with Crippen LogP contribution in [0.4, 0.5) is 0 Å². The molecule has 11 heavy (non-hydrogen) atoms. The van der Waals surface area contributed by atoms with Crippen molar-refractivity contribution in [2.45, 2.75) is 18.9 Å². The van der Waals surface area contributed by atoms with E-state index in [4.69, 9.17) is 5.11 Å². The fourth-order valence-corrected chi connectivity index (χ4v) is 2.45. The molecule has 0 aromatic carbocycles. The molecule has 3 nitrogen and oxygen atoms in total. The first-order chi connectivity index (χ1) is 5.24. The van der Waals surface area contributed by atoms with Crippen LogP contribution in [-0.4, -0.2) is 39.5 Å². The molecule has 1 heterocycles. The van der Waals surface area contributed by atoms with Crippen LogP contribution < -0.4 is 0 Å². The summed E-state index contributed by atoms with van der Waals surface area (Å²) in [6.45, 7) is 1.17. The lowest BCUT2D eigenvalue weighted by atomic mass is 10.2. The zero-order valence-corrected chi connectivity index (χ0v) is 8.45. The van der Waals surface area contributed by atoms with Crippen LogP contribution in [0.25, 0.3) is 0 Å². The first kappa shape index (κ1) is 9.25. The molecule has 1 aliphatic rings. The Labute approximate surface area is 79.9 Å². The van der Waals surface area contributed by atoms with Gasteiger partial charge in [-0.2, -0.15) is 0 Å². The minimum atomic E-state index is -0.707. The van der Waals surface area contributed by atoms with Crippen molar-refractivity contribution in [1.29, 1.82) is 0 Å². The molecular formula is C7H12INO2. The van der Waals surface area contributed by atoms with E-state index in [-0.39, 0.29) is 6.54 Å². The lowest BCUT2D eigenvalue weighted by Crippen LogP contribution is -2.35. The summed E-state index contributed by atoms with van der Waals surface area (Å²) in [7, 11) is 0. The zero-order valence-electron chi connectivity index (χ0n) is 6.29. The van der Waals surface area contributed by atoms with Crippen molar-refractivity contribution < 1.29 is 9.90 Å². The van der Waals surface area contributed by atoms with Gasteiger partial charge in [-0.25, -0.2) is 0 Å². The van der Waals surface area contributed by atoms with Crippen LogP contribution in [0.2, 0.25) is 0 Å². The van der Waals surface area contributed by atoms with Crippen molar-refractivity contribution >= 4 is 28.6 Å². The first-order valence-electron chi connectivity index (χ1n) is 3.76. The van der Waals surface area contributed by atoms with Gasteiger partial charge in [-0.05, 0) is 19.4 Å². The normalized spacial score (nSPS) is 25.7. The van der Waals surface area contributed by atoms with Crippen molar-refractivity contribution in [3.63, 3.8) is 0 Å². The Bertz CT molecular complexity index is 151. The second kappa shape index (κ2) is 4.25. The quantitative estimate of drug-likeness (QED) is 0.613. The average Bonchev–Trinajstić information content (AvgIpc) is 2.34. The van der Waals surface area contributed by atoms with Gasteiger partial charge in [-0.3, -0.25) is 9.69 Å². The second-order valence-electron chi connectivity index (χ2n) is 2.81. The number of aliphatic carboxylic acids is 1. The van der Waals surface area contributed by atoms with Crippen LogP contribution in [0.1, 0.15) is 12.8 Å². The van der Waals surface area contributed by atoms with Crippen molar-refractivity contribution in [3.05, 3.63) is 0 Å². The highest BCUT2D eigenvalue weighted by Gasteiger charge is 2.24. The third-order valence-corrected chi connectivity index (χ3v) is 3.03. The summed E-state index contributed by atoms with van der Waals surface area (Å²) in [4.78, 5) is 12.4. The van der Waals surface area contributed by atoms with Crippen LogP contribution in [0, 0.1) is 0 Å². The predicted molar refractivity (Wildman–Crippen MR) is 51.1 cm³/mol. The van der Waals surface area contributed by atoms with E-state index in [2.05, 4.69) is 27.5 Å². The number of likely N-dealkylation sites (tertiary alicyclic amines) is 1. The largest absolute Gasteiger partial charge is 0.480 e. The summed E-state index contributed by atoms with van der Waals surface area (Å²) in [6, 6.07) is 0.506. The van der Waals surface area contributed by atoms with Crippen LogP contribution in [-0.2, 0) is 4.79 Å². The molecule has 0 amide bonds. The maximum atomic E-state index is 10.4. The van der Waals surface area contributed by atoms with Gasteiger partial charge in [0.2, 0.25) is 0 Å². The Morgan fingerprint density at radius 3 is 3.00 bits per heavy atom. The molecule has 0 saturated carbocycles. The van der Waals surface area contributed by atoms with Crippen molar-refractivity contribution in [1.82, 2.24) is 4.90 Å². The summed E-state index contributed by atoms with van der Waals surface area (Å²) < 4.78 is 1.05. The Kier molecular flexibility index (Phi) is 3.58. The van der Waals surface area contributed by atoms with E-state index in [0.717, 1.165) is 23.8 Å². The fraction of sp³-hybridized carbons (Fsp3) is 0.857. The van der Waals surface area contributed by atoms with Crippen LogP contribution >= 0.6 is 22.6 Å². The zero-order chi connectivity index (χ0) is 8.27. The van der Waals surface area contributed by atoms with E-state index in [1.54, 1.807) is 0 Å². The minimum Gasteiger partial charge on any atom is -0.480 e. The Balaban J connectivity index is 2.37. The van der Waals surface area contributed by atoms with Crippen LogP contribution in [0.3, 0.4) is 0 Å². The molecule has 0 bridgehead atoms. The first-order valence-corrected chi connectivity index (χ1v) is 5.28. The SMILES string of the molecule is O=C(O)CN1CCC[C@H]1CI. The molecular weight excluding hydrogens is 257 g/mol. The van der Waals surface area contributed by atoms with E-state index in [1.165, 1.54) is 0 Å². The topological polar surface area (TPSA) is 40.5 Å². The number of carboxylic acids is 1. The van der Waals surface area contributed by atoms with Gasteiger partial charge in [0.25, 0.3) is 0 Å². The molecule has 64 valence electrons. The van der Waals surface area contributed by atoms with E-state index in [9.17, 15) is 4.79 Å². The van der Waals surface area contributed by atoms with Gasteiger partial charge in [-0.15, -0.1) is 0 Å². The number of rotatable bonds is 3. The number of hydrogen-bond acceptors (Lipinski definition) is 2. The van der Waals surface area contributed by atoms with Gasteiger partial charge < -0.3 is 5.11 Å². The number of halogens is 1. The summed E-state index contributed by atoms with van der Waals surface area (Å²) in [6.07, 6.45) is 2.32. The second-order valence-corrected chi connectivity index (χ2v) is 3.70. The standard InChI is InChI=1S/C7H12INO2/c8-4-6-2-1-3-9(6)5-7(10)11/h6H,1-5H2,(H,10,11)/t6-/m0/s1. The maximum absolute atomic E-state index is 10.4. The monoisotopic (exact) mass is 269 g/mol. The molecule has 4 heteroatoms. The molecule has 0 aliphatic carbocycles. The lowest BCUT2D eigenvalue weighted by molar-refractivity contribution is -0.138. The van der Waals surface area contributed by atoms with Gasteiger partial charge in [-0.1, -0.05) is 22.6 Å². The molecule has 1 saturated heterocycles. The Morgan fingerprint density at radius 2 is 2.45 bits per heavy atom. The van der Waals surface area contributed by atoms with E-state index < -0.39 is 5.97 Å². The molecule has 1 atom stereocenters. The van der Waals surface area contributed by atoms with Crippen LogP contribution in [0.5, 0.6) is 0 Å². The molecule has 0 unspecified atom stereocenters. The van der Waals surface area contributed by atoms with Crippen molar-refractivity contribution in [2.75, 3.05) is 17.5 Å². The van der Waals surface area contributed by atoms with Gasteiger partial charge in [0.15, 0.2) is 0 Å². The van der Waals surface area contributed by atoms with Gasteiger partial charge in [0.1, 0.15) is 0 Å².